The Morgan fingerprint density at radius 3 is 1.42 bits per heavy atom. The first-order chi connectivity index (χ1) is 30.4. The van der Waals surface area contributed by atoms with Gasteiger partial charge < -0.3 is 26.0 Å². The molecule has 4 N–H and O–H groups in total. The van der Waals surface area contributed by atoms with Gasteiger partial charge in [0.05, 0.1) is 65.5 Å². The lowest BCUT2D eigenvalue weighted by molar-refractivity contribution is -0.127. The highest BCUT2D eigenvalue weighted by atomic mass is 35.5. The molecule has 0 bridgehead atoms. The molecule has 0 aliphatic carbocycles. The summed E-state index contributed by atoms with van der Waals surface area (Å²) in [7, 11) is 0. The molecule has 0 radical (unpaired) electrons. The van der Waals surface area contributed by atoms with E-state index >= 15 is 0 Å². The van der Waals surface area contributed by atoms with Gasteiger partial charge in [-0.05, 0) is 98.8 Å². The summed E-state index contributed by atoms with van der Waals surface area (Å²) in [6.07, 6.45) is 0. The number of anilines is 4. The number of nitrogens with one attached hydrogen (secondary N) is 4. The second-order valence-corrected chi connectivity index (χ2v) is 16.0. The summed E-state index contributed by atoms with van der Waals surface area (Å²) in [5, 5.41) is 27.6. The van der Waals surface area contributed by atoms with Gasteiger partial charge >= 0.3 is 0 Å². The van der Waals surface area contributed by atoms with Gasteiger partial charge in [-0.25, -0.2) is 0 Å². The molecule has 64 heavy (non-hydrogen) atoms. The van der Waals surface area contributed by atoms with E-state index in [1.807, 2.05) is 0 Å². The molecule has 0 saturated carbocycles. The number of halogens is 7. The lowest BCUT2D eigenvalue weighted by Crippen LogP contribution is -2.32. The van der Waals surface area contributed by atoms with E-state index in [4.69, 9.17) is 85.9 Å². The van der Waals surface area contributed by atoms with Gasteiger partial charge in [0.2, 0.25) is 12.1 Å². The summed E-state index contributed by atoms with van der Waals surface area (Å²) in [5.41, 5.74) is 0.909. The maximum atomic E-state index is 13.4. The van der Waals surface area contributed by atoms with Crippen LogP contribution >= 0.6 is 81.2 Å². The minimum absolute atomic E-state index is 0.00128. The summed E-state index contributed by atoms with van der Waals surface area (Å²) in [6, 6.07) is 18.0. The normalized spacial score (nSPS) is 12.1. The number of carbonyl (C=O) groups is 6. The number of amides is 4. The third-order valence-electron chi connectivity index (χ3n) is 8.43. The lowest BCUT2D eigenvalue weighted by atomic mass is 10.1. The van der Waals surface area contributed by atoms with Gasteiger partial charge in [-0.1, -0.05) is 69.6 Å². The quantitative estimate of drug-likeness (QED) is 0.0402. The molecule has 5 aromatic rings. The Morgan fingerprint density at radius 1 is 0.531 bits per heavy atom. The number of hydrogen-bond donors (Lipinski definition) is 4. The number of ketones is 2. The van der Waals surface area contributed by atoms with Crippen LogP contribution in [0.15, 0.2) is 111 Å². The van der Waals surface area contributed by atoms with E-state index in [-0.39, 0.29) is 83.6 Å². The van der Waals surface area contributed by atoms with Crippen LogP contribution in [0.1, 0.15) is 34.6 Å². The summed E-state index contributed by atoms with van der Waals surface area (Å²) in [6.45, 7) is 2.23. The molecule has 4 amide bonds. The highest BCUT2D eigenvalue weighted by molar-refractivity contribution is 6.38. The summed E-state index contributed by atoms with van der Waals surface area (Å²) in [5.74, 6) is -4.32. The van der Waals surface area contributed by atoms with Crippen molar-refractivity contribution in [2.24, 2.45) is 20.5 Å². The smallest absolute Gasteiger partial charge is 0.258 e. The van der Waals surface area contributed by atoms with Crippen LogP contribution in [-0.4, -0.2) is 59.8 Å². The van der Waals surface area contributed by atoms with Crippen molar-refractivity contribution in [1.29, 1.82) is 0 Å². The molecule has 0 saturated heterocycles. The molecular weight excluding hydrogens is 977 g/mol. The van der Waals surface area contributed by atoms with Gasteiger partial charge in [-0.15, -0.1) is 11.6 Å². The second-order valence-electron chi connectivity index (χ2n) is 13.2. The van der Waals surface area contributed by atoms with Crippen molar-refractivity contribution < 1.29 is 33.5 Å². The predicted molar refractivity (Wildman–Crippen MR) is 250 cm³/mol. The first-order valence-electron chi connectivity index (χ1n) is 18.3. The number of rotatable bonds is 17. The lowest BCUT2D eigenvalue weighted by Gasteiger charge is -2.16. The third kappa shape index (κ3) is 13.4. The van der Waals surface area contributed by atoms with E-state index in [1.54, 1.807) is 0 Å². The highest BCUT2D eigenvalue weighted by Crippen LogP contribution is 2.32. The number of carbonyl (C=O) groups excluding carboxylic acids is 6. The van der Waals surface area contributed by atoms with E-state index < -0.39 is 47.3 Å². The van der Waals surface area contributed by atoms with Crippen LogP contribution in [-0.2, 0) is 19.2 Å². The molecule has 0 aliphatic heterocycles. The zero-order valence-corrected chi connectivity index (χ0v) is 38.3. The van der Waals surface area contributed by atoms with E-state index in [0.29, 0.717) is 10.0 Å². The van der Waals surface area contributed by atoms with Crippen molar-refractivity contribution in [3.63, 3.8) is 0 Å². The maximum absolute atomic E-state index is 13.4. The van der Waals surface area contributed by atoms with Crippen LogP contribution in [0.4, 0.5) is 34.1 Å². The highest BCUT2D eigenvalue weighted by Gasteiger charge is 2.27. The Morgan fingerprint density at radius 2 is 0.984 bits per heavy atom. The van der Waals surface area contributed by atoms with Crippen LogP contribution in [0.25, 0.3) is 0 Å². The Bertz CT molecular complexity index is 2720. The van der Waals surface area contributed by atoms with Gasteiger partial charge in [-0.2, -0.15) is 20.5 Å². The van der Waals surface area contributed by atoms with Gasteiger partial charge in [0.25, 0.3) is 23.6 Å². The Kier molecular flexibility index (Phi) is 17.6. The van der Waals surface area contributed by atoms with Crippen molar-refractivity contribution >= 4 is 151 Å². The Labute approximate surface area is 399 Å². The molecule has 15 nitrogen and oxygen atoms in total. The molecule has 0 fully saturated rings. The number of alkyl halides is 1. The number of azo groups is 2. The fraction of sp³-hybridized carbons (Fsp3) is 0.143. The Hall–Kier alpha value is -5.65. The molecule has 0 heterocycles. The fourth-order valence-electron chi connectivity index (χ4n) is 5.33. The maximum Gasteiger partial charge on any atom is 0.258 e. The van der Waals surface area contributed by atoms with Crippen LogP contribution in [0, 0.1) is 0 Å². The minimum atomic E-state index is -1.66. The topological polar surface area (TPSA) is 209 Å². The molecule has 0 aliphatic rings. The molecule has 2 unspecified atom stereocenters. The minimum Gasteiger partial charge on any atom is -0.490 e. The fourth-order valence-corrected chi connectivity index (χ4v) is 6.72. The summed E-state index contributed by atoms with van der Waals surface area (Å²) < 4.78 is 5.72. The number of hydrogen-bond acceptors (Lipinski definition) is 11. The SMILES string of the molecule is CC(=O)C(N=Nc1ccc(Cl)c(C(=O)Nc2ccc(Cl)cc2Cl)c1)C(=O)Nc1ccc(NC(=O)C(N=Nc2ccc(Cl)c(C(=O)Nc3ccc(Cl)cc3Cl)c2)C(C)=O)c(OCCCl)c1. The molecular formula is C42H31Cl7N8O7. The van der Waals surface area contributed by atoms with Crippen LogP contribution in [0.2, 0.25) is 30.1 Å². The van der Waals surface area contributed by atoms with E-state index in [1.165, 1.54) is 91.0 Å². The van der Waals surface area contributed by atoms with Crippen molar-refractivity contribution in [2.75, 3.05) is 33.8 Å². The van der Waals surface area contributed by atoms with Crippen molar-refractivity contribution in [1.82, 2.24) is 0 Å². The molecule has 5 rings (SSSR count). The molecule has 0 aromatic heterocycles. The molecule has 0 spiro atoms. The van der Waals surface area contributed by atoms with Gasteiger partial charge in [0, 0.05) is 21.8 Å². The summed E-state index contributed by atoms with van der Waals surface area (Å²) >= 11 is 42.7. The van der Waals surface area contributed by atoms with Crippen molar-refractivity contribution in [2.45, 2.75) is 25.9 Å². The van der Waals surface area contributed by atoms with E-state index in [9.17, 15) is 28.8 Å². The largest absolute Gasteiger partial charge is 0.490 e. The number of benzene rings is 5. The van der Waals surface area contributed by atoms with Crippen LogP contribution < -0.4 is 26.0 Å². The van der Waals surface area contributed by atoms with E-state index in [0.717, 1.165) is 13.8 Å². The molecule has 22 heteroatoms. The summed E-state index contributed by atoms with van der Waals surface area (Å²) in [4.78, 5) is 78.1. The third-order valence-corrected chi connectivity index (χ3v) is 10.3. The van der Waals surface area contributed by atoms with Gasteiger partial charge in [0.15, 0.2) is 11.6 Å². The van der Waals surface area contributed by atoms with Crippen molar-refractivity contribution in [3.05, 3.63) is 132 Å². The standard InChI is InChI=1S/C42H31Cl7N8O7/c1-20(58)37(56-54-25-5-8-29(46)27(17-25)39(60)51-33-10-3-22(44)15-31(33)48)41(62)50-24-7-12-35(36(19-24)64-14-13-43)53-42(63)38(21(2)59)57-55-26-6-9-30(47)28(18-26)40(61)52-34-11-4-23(45)16-32(34)49/h3-12,15-19,37-38H,13-14H2,1-2H3,(H,50,62)(H,51,60)(H,52,61)(H,53,63). The zero-order chi connectivity index (χ0) is 46.7. The monoisotopic (exact) mass is 1000 g/mol. The first-order valence-corrected chi connectivity index (χ1v) is 21.1. The Balaban J connectivity index is 1.29. The number of ether oxygens (including phenoxy) is 1. The van der Waals surface area contributed by atoms with Gasteiger partial charge in [-0.3, -0.25) is 28.8 Å². The van der Waals surface area contributed by atoms with Gasteiger partial charge in [0.1, 0.15) is 12.4 Å². The zero-order valence-electron chi connectivity index (χ0n) is 33.0. The predicted octanol–water partition coefficient (Wildman–Crippen LogP) is 12.1. The average molecular weight is 1010 g/mol. The average Bonchev–Trinajstić information content (AvgIpc) is 3.23. The molecule has 330 valence electrons. The first kappa shape index (κ1) is 49.4. The second kappa shape index (κ2) is 22.8. The molecule has 5 aromatic carbocycles. The number of Topliss-reactive ketones (excluding diaryl/α,β-unsaturated/α-hetero) is 2. The van der Waals surface area contributed by atoms with Crippen LogP contribution in [0.5, 0.6) is 5.75 Å². The van der Waals surface area contributed by atoms with Crippen molar-refractivity contribution in [3.8, 4) is 5.75 Å². The number of nitrogens with zero attached hydrogens (tertiary/aromatic N) is 4. The van der Waals surface area contributed by atoms with Crippen LogP contribution in [0.3, 0.4) is 0 Å². The van der Waals surface area contributed by atoms with E-state index in [2.05, 4.69) is 41.7 Å². The molecule has 2 atom stereocenters.